The number of nitrogens with two attached hydrogens (primary N) is 3. The zero-order valence-corrected chi connectivity index (χ0v) is 8.13. The van der Waals surface area contributed by atoms with Crippen LogP contribution in [0.15, 0.2) is 11.1 Å². The van der Waals surface area contributed by atoms with Gasteiger partial charge >= 0.3 is 0 Å². The third-order valence-corrected chi connectivity index (χ3v) is 2.45. The SMILES string of the molecule is Nc1cc(C(F)F)c(N)nc1S(N)(=O)=O. The predicted octanol–water partition coefficient (Wildman–Crippen LogP) is -0.169. The summed E-state index contributed by atoms with van der Waals surface area (Å²) in [7, 11) is -4.16. The van der Waals surface area contributed by atoms with Gasteiger partial charge in [0.15, 0.2) is 5.03 Å². The fraction of sp³-hybridized carbons (Fsp3) is 0.167. The molecule has 0 unspecified atom stereocenters. The van der Waals surface area contributed by atoms with Crippen molar-refractivity contribution in [1.29, 1.82) is 0 Å². The van der Waals surface area contributed by atoms with Crippen LogP contribution < -0.4 is 16.6 Å². The molecular weight excluding hydrogens is 230 g/mol. The molecule has 0 fully saturated rings. The molecule has 0 aliphatic heterocycles. The van der Waals surface area contributed by atoms with Crippen molar-refractivity contribution in [3.8, 4) is 0 Å². The lowest BCUT2D eigenvalue weighted by molar-refractivity contribution is 0.152. The maximum absolute atomic E-state index is 12.3. The molecule has 1 aromatic rings. The van der Waals surface area contributed by atoms with E-state index in [-0.39, 0.29) is 0 Å². The molecule has 0 radical (unpaired) electrons. The van der Waals surface area contributed by atoms with E-state index in [9.17, 15) is 17.2 Å². The van der Waals surface area contributed by atoms with Crippen molar-refractivity contribution in [3.05, 3.63) is 11.6 Å². The quantitative estimate of drug-likeness (QED) is 0.659. The molecule has 84 valence electrons. The Hall–Kier alpha value is -1.48. The highest BCUT2D eigenvalue weighted by atomic mass is 32.2. The summed E-state index contributed by atoms with van der Waals surface area (Å²) in [5, 5.41) is 4.04. The zero-order chi connectivity index (χ0) is 11.8. The van der Waals surface area contributed by atoms with Gasteiger partial charge in [0.1, 0.15) is 5.82 Å². The van der Waals surface area contributed by atoms with Crippen LogP contribution in [0.25, 0.3) is 0 Å². The number of halogens is 2. The summed E-state index contributed by atoms with van der Waals surface area (Å²) in [6.07, 6.45) is -2.88. The van der Waals surface area contributed by atoms with Gasteiger partial charge in [-0.25, -0.2) is 27.3 Å². The lowest BCUT2D eigenvalue weighted by Gasteiger charge is -2.08. The van der Waals surface area contributed by atoms with Gasteiger partial charge in [0.2, 0.25) is 0 Å². The van der Waals surface area contributed by atoms with Gasteiger partial charge in [-0.1, -0.05) is 0 Å². The second-order valence-corrected chi connectivity index (χ2v) is 4.18. The first-order chi connectivity index (χ1) is 6.73. The number of pyridine rings is 1. The van der Waals surface area contributed by atoms with E-state index in [0.29, 0.717) is 0 Å². The van der Waals surface area contributed by atoms with E-state index >= 15 is 0 Å². The number of hydrogen-bond donors (Lipinski definition) is 3. The van der Waals surface area contributed by atoms with Crippen LogP contribution in [0, 0.1) is 0 Å². The minimum Gasteiger partial charge on any atom is -0.396 e. The molecule has 1 heterocycles. The first-order valence-corrected chi connectivity index (χ1v) is 5.15. The number of primary sulfonamides is 1. The molecule has 0 bridgehead atoms. The highest BCUT2D eigenvalue weighted by molar-refractivity contribution is 7.89. The number of hydrogen-bond acceptors (Lipinski definition) is 5. The molecule has 15 heavy (non-hydrogen) atoms. The molecule has 0 amide bonds. The number of nitrogens with zero attached hydrogens (tertiary/aromatic N) is 1. The molecule has 9 heteroatoms. The van der Waals surface area contributed by atoms with Gasteiger partial charge in [0.25, 0.3) is 16.4 Å². The lowest BCUT2D eigenvalue weighted by Crippen LogP contribution is -2.17. The molecular formula is C6H8F2N4O2S. The number of sulfonamides is 1. The highest BCUT2D eigenvalue weighted by Crippen LogP contribution is 2.28. The lowest BCUT2D eigenvalue weighted by atomic mass is 10.2. The van der Waals surface area contributed by atoms with Gasteiger partial charge in [-0.3, -0.25) is 0 Å². The van der Waals surface area contributed by atoms with Crippen LogP contribution in [0.2, 0.25) is 0 Å². The monoisotopic (exact) mass is 238 g/mol. The molecule has 0 saturated carbocycles. The van der Waals surface area contributed by atoms with Crippen molar-refractivity contribution in [1.82, 2.24) is 4.98 Å². The van der Waals surface area contributed by atoms with Crippen molar-refractivity contribution in [2.24, 2.45) is 5.14 Å². The van der Waals surface area contributed by atoms with E-state index in [2.05, 4.69) is 4.98 Å². The van der Waals surface area contributed by atoms with Gasteiger partial charge in [-0.2, -0.15) is 0 Å². The maximum atomic E-state index is 12.3. The summed E-state index contributed by atoms with van der Waals surface area (Å²) < 4.78 is 46.3. The Labute approximate surface area is 84.1 Å². The average molecular weight is 238 g/mol. The van der Waals surface area contributed by atoms with Crippen molar-refractivity contribution < 1.29 is 17.2 Å². The molecule has 1 aromatic heterocycles. The molecule has 0 aliphatic carbocycles. The Morgan fingerprint density at radius 2 is 1.87 bits per heavy atom. The fourth-order valence-corrected chi connectivity index (χ4v) is 1.56. The average Bonchev–Trinajstić information content (AvgIpc) is 2.06. The van der Waals surface area contributed by atoms with E-state index in [1.807, 2.05) is 0 Å². The predicted molar refractivity (Wildman–Crippen MR) is 49.4 cm³/mol. The highest BCUT2D eigenvalue weighted by Gasteiger charge is 2.20. The maximum Gasteiger partial charge on any atom is 0.267 e. The molecule has 0 aromatic carbocycles. The van der Waals surface area contributed by atoms with Crippen molar-refractivity contribution in [3.63, 3.8) is 0 Å². The number of rotatable bonds is 2. The molecule has 0 spiro atoms. The zero-order valence-electron chi connectivity index (χ0n) is 7.31. The summed E-state index contributed by atoms with van der Waals surface area (Å²) in [5.41, 5.74) is 9.24. The minimum absolute atomic E-state index is 0.456. The van der Waals surface area contributed by atoms with Crippen LogP contribution in [0.3, 0.4) is 0 Å². The molecule has 0 atom stereocenters. The van der Waals surface area contributed by atoms with E-state index in [0.717, 1.165) is 6.07 Å². The van der Waals surface area contributed by atoms with Gasteiger partial charge in [0.05, 0.1) is 11.3 Å². The Balaban J connectivity index is 3.46. The Kier molecular flexibility index (Phi) is 2.77. The normalized spacial score (nSPS) is 12.0. The molecule has 6 nitrogen and oxygen atoms in total. The van der Waals surface area contributed by atoms with E-state index in [1.165, 1.54) is 0 Å². The van der Waals surface area contributed by atoms with E-state index in [4.69, 9.17) is 16.6 Å². The van der Waals surface area contributed by atoms with Gasteiger partial charge in [-0.05, 0) is 6.07 Å². The van der Waals surface area contributed by atoms with Crippen molar-refractivity contribution in [2.45, 2.75) is 11.5 Å². The van der Waals surface area contributed by atoms with Crippen LogP contribution in [0.4, 0.5) is 20.3 Å². The number of alkyl halides is 2. The summed E-state index contributed by atoms with van der Waals surface area (Å²) in [6, 6.07) is 0.743. The van der Waals surface area contributed by atoms with Crippen LogP contribution in [-0.4, -0.2) is 13.4 Å². The number of anilines is 2. The molecule has 6 N–H and O–H groups in total. The smallest absolute Gasteiger partial charge is 0.267 e. The van der Waals surface area contributed by atoms with Crippen molar-refractivity contribution >= 4 is 21.5 Å². The van der Waals surface area contributed by atoms with Crippen LogP contribution >= 0.6 is 0 Å². The van der Waals surface area contributed by atoms with Gasteiger partial charge < -0.3 is 11.5 Å². The summed E-state index contributed by atoms with van der Waals surface area (Å²) in [4.78, 5) is 3.22. The first kappa shape index (κ1) is 11.6. The summed E-state index contributed by atoms with van der Waals surface area (Å²) >= 11 is 0. The third kappa shape index (κ3) is 2.30. The standard InChI is InChI=1S/C6H8F2N4O2S/c7-4(8)2-1-3(9)6(12-5(2)10)15(11,13)14/h1,4H,9H2,(H2,10,12)(H2,11,13,14). The second-order valence-electron chi connectivity index (χ2n) is 2.70. The van der Waals surface area contributed by atoms with Gasteiger partial charge in [0, 0.05) is 0 Å². The summed E-state index contributed by atoms with van der Waals surface area (Å²) in [6.45, 7) is 0. The van der Waals surface area contributed by atoms with Gasteiger partial charge in [-0.15, -0.1) is 0 Å². The second kappa shape index (κ2) is 3.59. The van der Waals surface area contributed by atoms with E-state index < -0.39 is 38.5 Å². The van der Waals surface area contributed by atoms with Crippen LogP contribution in [-0.2, 0) is 10.0 Å². The Morgan fingerprint density at radius 1 is 1.33 bits per heavy atom. The Morgan fingerprint density at radius 3 is 2.27 bits per heavy atom. The van der Waals surface area contributed by atoms with E-state index in [1.54, 1.807) is 0 Å². The fourth-order valence-electron chi connectivity index (χ4n) is 0.944. The molecule has 0 aliphatic rings. The molecule has 0 saturated heterocycles. The molecule has 1 rings (SSSR count). The third-order valence-electron chi connectivity index (χ3n) is 1.58. The van der Waals surface area contributed by atoms with Crippen LogP contribution in [0.5, 0.6) is 0 Å². The number of nitrogen functional groups attached to an aromatic ring is 2. The minimum atomic E-state index is -4.16. The Bertz CT molecular complexity index is 488. The topological polar surface area (TPSA) is 125 Å². The first-order valence-electron chi connectivity index (χ1n) is 3.60. The van der Waals surface area contributed by atoms with Crippen molar-refractivity contribution in [2.75, 3.05) is 11.5 Å². The summed E-state index contributed by atoms with van der Waals surface area (Å²) in [5.74, 6) is -0.608. The largest absolute Gasteiger partial charge is 0.396 e. The van der Waals surface area contributed by atoms with Crippen LogP contribution in [0.1, 0.15) is 12.0 Å². The number of aromatic nitrogens is 1.